The number of benzene rings is 23. The molecule has 0 N–H and O–H groups in total. The molecule has 27 aromatic rings. The Bertz CT molecular complexity index is 9250. The third kappa shape index (κ3) is 19.4. The fourth-order valence-electron chi connectivity index (χ4n) is 20.8. The standard InChI is InChI=1S/3C38H26O.C32H22O/c1-4-14-27(15-5-1)30-20-12-21-31(26-30)37-34-22-10-11-23-35(34)38(39-37)36-32(28-16-6-2-7-17-28)24-13-25-33(36)29-18-8-3-9-19-29;1-4-13-27(14-5-1)30-19-12-20-32(25-30)37-34-21-10-11-22-35(34)38(39-37)36-26-31(28-15-6-2-7-16-28)23-24-33(36)29-17-8-3-9-18-29;1-4-13-27(14-5-1)30-19-12-20-32(25-30)37-33-21-10-11-22-34(33)38(39-37)35-24-23-31(28-15-6-2-7-16-28)26-36(35)29-17-8-3-9-18-29;1-3-12-23(13-4-1)25-16-11-17-26(22-25)31-29-20-9-10-21-30(29)32(33-31)28-19-8-7-18-27(28)24-14-5-2-6-15-24/h3*1-26H;1-22H. The summed E-state index contributed by atoms with van der Waals surface area (Å²) in [5, 5.41) is 8.92. The average molecular weight is 1920 g/mol. The third-order valence-electron chi connectivity index (χ3n) is 28.0. The minimum atomic E-state index is 0.889. The van der Waals surface area contributed by atoms with Crippen molar-refractivity contribution in [3.63, 3.8) is 0 Å². The van der Waals surface area contributed by atoms with Crippen LogP contribution in [0.5, 0.6) is 0 Å². The van der Waals surface area contributed by atoms with Crippen LogP contribution < -0.4 is 0 Å². The maximum absolute atomic E-state index is 6.95. The number of furan rings is 4. The highest BCUT2D eigenvalue weighted by atomic mass is 16.4. The van der Waals surface area contributed by atoms with Crippen LogP contribution in [0, 0.1) is 0 Å². The summed E-state index contributed by atoms with van der Waals surface area (Å²) in [4.78, 5) is 0. The molecule has 4 heteroatoms. The van der Waals surface area contributed by atoms with Gasteiger partial charge in [-0.15, -0.1) is 0 Å². The van der Waals surface area contributed by atoms with E-state index in [4.69, 9.17) is 17.7 Å². The normalized spacial score (nSPS) is 11.1. The fourth-order valence-corrected chi connectivity index (χ4v) is 20.8. The molecule has 150 heavy (non-hydrogen) atoms. The van der Waals surface area contributed by atoms with E-state index in [2.05, 4.69) is 576 Å². The number of hydrogen-bond donors (Lipinski definition) is 0. The predicted octanol–water partition coefficient (Wildman–Crippen LogP) is 41.4. The van der Waals surface area contributed by atoms with E-state index in [1.165, 1.54) is 100 Å². The molecule has 4 nitrogen and oxygen atoms in total. The lowest BCUT2D eigenvalue weighted by atomic mass is 9.89. The van der Waals surface area contributed by atoms with Crippen LogP contribution in [0.2, 0.25) is 0 Å². The Hall–Kier alpha value is -19.8. The van der Waals surface area contributed by atoms with E-state index in [9.17, 15) is 0 Å². The molecule has 0 unspecified atom stereocenters. The Kier molecular flexibility index (Phi) is 26.6. The summed E-state index contributed by atoms with van der Waals surface area (Å²) in [6, 6.07) is 213. The number of fused-ring (bicyclic) bond motifs is 4. The van der Waals surface area contributed by atoms with Gasteiger partial charge in [-0.3, -0.25) is 0 Å². The highest BCUT2D eigenvalue weighted by molar-refractivity contribution is 6.11. The molecule has 0 bridgehead atoms. The Labute approximate surface area is 874 Å². The van der Waals surface area contributed by atoms with Gasteiger partial charge in [-0.1, -0.05) is 564 Å². The molecule has 0 saturated carbocycles. The van der Waals surface area contributed by atoms with Crippen LogP contribution in [0.25, 0.3) is 256 Å². The van der Waals surface area contributed by atoms with Gasteiger partial charge in [0.15, 0.2) is 0 Å². The molecule has 0 aliphatic heterocycles. The van der Waals surface area contributed by atoms with Crippen molar-refractivity contribution >= 4 is 43.1 Å². The van der Waals surface area contributed by atoms with E-state index < -0.39 is 0 Å². The zero-order chi connectivity index (χ0) is 100. The topological polar surface area (TPSA) is 52.6 Å². The monoisotopic (exact) mass is 1920 g/mol. The van der Waals surface area contributed by atoms with Crippen LogP contribution in [0.15, 0.2) is 624 Å². The maximum atomic E-state index is 6.95. The second kappa shape index (κ2) is 43.0. The lowest BCUT2D eigenvalue weighted by molar-refractivity contribution is 0.602. The first-order valence-electron chi connectivity index (χ1n) is 51.0. The summed E-state index contributed by atoms with van der Waals surface area (Å²) in [6.45, 7) is 0. The fraction of sp³-hybridized carbons (Fsp3) is 0. The summed E-state index contributed by atoms with van der Waals surface area (Å²) < 4.78 is 27.4. The summed E-state index contributed by atoms with van der Waals surface area (Å²) in [5.41, 5.74) is 34.5. The summed E-state index contributed by atoms with van der Waals surface area (Å²) >= 11 is 0. The van der Waals surface area contributed by atoms with Crippen LogP contribution in [0.4, 0.5) is 0 Å². The molecule has 0 aliphatic carbocycles. The van der Waals surface area contributed by atoms with E-state index in [0.717, 1.165) is 156 Å². The Morgan fingerprint density at radius 2 is 0.247 bits per heavy atom. The first-order chi connectivity index (χ1) is 74.4. The van der Waals surface area contributed by atoms with Crippen molar-refractivity contribution in [3.8, 4) is 213 Å². The van der Waals surface area contributed by atoms with Gasteiger partial charge in [0.2, 0.25) is 0 Å². The quantitative estimate of drug-likeness (QED) is 0.0810. The minimum absolute atomic E-state index is 0.889. The number of hydrogen-bond acceptors (Lipinski definition) is 4. The van der Waals surface area contributed by atoms with Crippen molar-refractivity contribution in [2.75, 3.05) is 0 Å². The zero-order valence-electron chi connectivity index (χ0n) is 82.4. The largest absolute Gasteiger partial charge is 0.455 e. The Morgan fingerprint density at radius 1 is 0.0800 bits per heavy atom. The molecule has 4 aromatic heterocycles. The molecule has 708 valence electrons. The summed E-state index contributed by atoms with van der Waals surface area (Å²) in [7, 11) is 0. The summed E-state index contributed by atoms with van der Waals surface area (Å²) in [5.74, 6) is 7.16. The molecule has 23 aromatic carbocycles. The van der Waals surface area contributed by atoms with Gasteiger partial charge in [-0.05, 0) is 165 Å². The van der Waals surface area contributed by atoms with E-state index in [0.29, 0.717) is 0 Å². The van der Waals surface area contributed by atoms with Crippen LogP contribution in [-0.4, -0.2) is 0 Å². The Balaban J connectivity index is 0.000000107. The molecular weight excluding hydrogens is 1820 g/mol. The van der Waals surface area contributed by atoms with Crippen LogP contribution in [0.3, 0.4) is 0 Å². The minimum Gasteiger partial charge on any atom is -0.455 e. The predicted molar refractivity (Wildman–Crippen MR) is 628 cm³/mol. The second-order valence-corrected chi connectivity index (χ2v) is 37.4. The SMILES string of the molecule is c1ccc(-c2cccc(-c3oc(-c4c(-c5ccccc5)cccc4-c4ccccc4)c4ccccc34)c2)cc1.c1ccc(-c2cccc(-c3oc(-c4cc(-c5ccccc5)ccc4-c4ccccc4)c4ccccc34)c2)cc1.c1ccc(-c2cccc(-c3oc(-c4ccc(-c5ccccc5)cc4-c4ccccc4)c4ccccc34)c2)cc1.c1ccc(-c2cccc(-c3oc(-c4ccccc4-c4ccccc4)c4ccccc34)c2)cc1. The molecule has 0 amide bonds. The summed E-state index contributed by atoms with van der Waals surface area (Å²) in [6.07, 6.45) is 0. The molecule has 0 aliphatic rings. The van der Waals surface area contributed by atoms with Crippen molar-refractivity contribution in [3.05, 3.63) is 607 Å². The van der Waals surface area contributed by atoms with E-state index >= 15 is 0 Å². The molecule has 4 heterocycles. The molecule has 0 spiro atoms. The van der Waals surface area contributed by atoms with Crippen LogP contribution >= 0.6 is 0 Å². The van der Waals surface area contributed by atoms with Gasteiger partial charge in [-0.25, -0.2) is 0 Å². The number of rotatable bonds is 19. The van der Waals surface area contributed by atoms with Crippen LogP contribution in [0.1, 0.15) is 0 Å². The maximum Gasteiger partial charge on any atom is 0.143 e. The molecule has 0 atom stereocenters. The zero-order valence-corrected chi connectivity index (χ0v) is 82.4. The van der Waals surface area contributed by atoms with Gasteiger partial charge in [0.05, 0.1) is 0 Å². The lowest BCUT2D eigenvalue weighted by Gasteiger charge is -2.15. The average Bonchev–Trinajstić information content (AvgIpc) is 1.60. The van der Waals surface area contributed by atoms with Crippen molar-refractivity contribution < 1.29 is 17.7 Å². The van der Waals surface area contributed by atoms with Crippen molar-refractivity contribution in [2.45, 2.75) is 0 Å². The molecule has 0 radical (unpaired) electrons. The third-order valence-corrected chi connectivity index (χ3v) is 28.0. The van der Waals surface area contributed by atoms with Crippen molar-refractivity contribution in [1.29, 1.82) is 0 Å². The first-order valence-corrected chi connectivity index (χ1v) is 51.0. The highest BCUT2D eigenvalue weighted by Gasteiger charge is 2.28. The van der Waals surface area contributed by atoms with Gasteiger partial charge in [0.1, 0.15) is 46.1 Å². The smallest absolute Gasteiger partial charge is 0.143 e. The van der Waals surface area contributed by atoms with Gasteiger partial charge >= 0.3 is 0 Å². The Morgan fingerprint density at radius 3 is 0.540 bits per heavy atom. The highest BCUT2D eigenvalue weighted by Crippen LogP contribution is 2.52. The van der Waals surface area contributed by atoms with Crippen LogP contribution in [-0.2, 0) is 0 Å². The van der Waals surface area contributed by atoms with Crippen molar-refractivity contribution in [1.82, 2.24) is 0 Å². The van der Waals surface area contributed by atoms with E-state index in [1.807, 2.05) is 30.3 Å². The molecule has 27 rings (SSSR count). The van der Waals surface area contributed by atoms with E-state index in [-0.39, 0.29) is 0 Å². The molecular formula is C146H100O4. The van der Waals surface area contributed by atoms with Gasteiger partial charge < -0.3 is 17.7 Å². The van der Waals surface area contributed by atoms with Gasteiger partial charge in [0, 0.05) is 87.6 Å². The second-order valence-electron chi connectivity index (χ2n) is 37.4. The molecule has 0 saturated heterocycles. The van der Waals surface area contributed by atoms with Gasteiger partial charge in [0.25, 0.3) is 0 Å². The van der Waals surface area contributed by atoms with E-state index in [1.54, 1.807) is 0 Å². The van der Waals surface area contributed by atoms with Gasteiger partial charge in [-0.2, -0.15) is 0 Å². The lowest BCUT2D eigenvalue weighted by Crippen LogP contribution is -1.89. The molecule has 0 fully saturated rings. The first kappa shape index (κ1) is 92.6. The van der Waals surface area contributed by atoms with Crippen molar-refractivity contribution in [2.24, 2.45) is 0 Å².